The first-order valence-electron chi connectivity index (χ1n) is 6.90. The van der Waals surface area contributed by atoms with Gasteiger partial charge in [0.05, 0.1) is 9.79 Å². The fourth-order valence-corrected chi connectivity index (χ4v) is 5.66. The van der Waals surface area contributed by atoms with Crippen LogP contribution in [0.3, 0.4) is 0 Å². The molecule has 126 valence electrons. The maximum Gasteiger partial charge on any atom is 0.242 e. The fraction of sp³-hybridized carbons (Fsp3) is 0.333. The summed E-state index contributed by atoms with van der Waals surface area (Å²) in [5.41, 5.74) is 0.700. The number of aryl methyl sites for hydroxylation is 2. The highest BCUT2D eigenvalue weighted by Crippen LogP contribution is 2.26. The largest absolute Gasteiger partial charge is 0.242 e. The SMILES string of the molecule is Cc1cc(S(=O)(=O)N[C@@H](C)c2ccc(S(C)(=O)=O)cc2)c(C)s1. The molecule has 0 aliphatic carbocycles. The molecule has 2 rings (SSSR count). The number of rotatable bonds is 5. The van der Waals surface area contributed by atoms with Crippen molar-refractivity contribution in [2.45, 2.75) is 36.6 Å². The van der Waals surface area contributed by atoms with E-state index < -0.39 is 25.9 Å². The van der Waals surface area contributed by atoms with Crippen LogP contribution < -0.4 is 4.72 Å². The summed E-state index contributed by atoms with van der Waals surface area (Å²) < 4.78 is 50.5. The highest BCUT2D eigenvalue weighted by atomic mass is 32.2. The Kier molecular flexibility index (Phi) is 5.00. The Bertz CT molecular complexity index is 910. The second kappa shape index (κ2) is 6.35. The monoisotopic (exact) mass is 373 g/mol. The Morgan fingerprint density at radius 2 is 1.61 bits per heavy atom. The normalized spacial score (nSPS) is 13.9. The molecule has 1 heterocycles. The van der Waals surface area contributed by atoms with Crippen molar-refractivity contribution in [3.8, 4) is 0 Å². The van der Waals surface area contributed by atoms with E-state index in [0.717, 1.165) is 16.0 Å². The third kappa shape index (κ3) is 4.20. The van der Waals surface area contributed by atoms with E-state index in [1.807, 2.05) is 6.92 Å². The van der Waals surface area contributed by atoms with Crippen molar-refractivity contribution in [2.24, 2.45) is 0 Å². The standard InChI is InChI=1S/C15H19NO4S3/c1-10-9-15(12(3)21-10)23(19,20)16-11(2)13-5-7-14(8-6-13)22(4,17)18/h5-9,11,16H,1-4H3/t11-/m0/s1. The van der Waals surface area contributed by atoms with Gasteiger partial charge in [-0.15, -0.1) is 11.3 Å². The van der Waals surface area contributed by atoms with Gasteiger partial charge in [-0.3, -0.25) is 0 Å². The number of hydrogen-bond donors (Lipinski definition) is 1. The first kappa shape index (κ1) is 18.1. The number of hydrogen-bond acceptors (Lipinski definition) is 5. The van der Waals surface area contributed by atoms with E-state index in [-0.39, 0.29) is 4.90 Å². The summed E-state index contributed by atoms with van der Waals surface area (Å²) in [4.78, 5) is 2.18. The lowest BCUT2D eigenvalue weighted by Gasteiger charge is -2.15. The van der Waals surface area contributed by atoms with E-state index in [1.165, 1.54) is 23.5 Å². The van der Waals surface area contributed by atoms with Crippen molar-refractivity contribution in [2.75, 3.05) is 6.26 Å². The molecule has 0 amide bonds. The van der Waals surface area contributed by atoms with Gasteiger partial charge in [-0.25, -0.2) is 21.6 Å². The van der Waals surface area contributed by atoms with Gasteiger partial charge in [-0.1, -0.05) is 12.1 Å². The van der Waals surface area contributed by atoms with Gasteiger partial charge in [0.15, 0.2) is 9.84 Å². The molecule has 2 aromatic rings. The van der Waals surface area contributed by atoms with Crippen molar-refractivity contribution in [3.63, 3.8) is 0 Å². The molecule has 0 bridgehead atoms. The van der Waals surface area contributed by atoms with E-state index in [1.54, 1.807) is 32.0 Å². The van der Waals surface area contributed by atoms with E-state index in [9.17, 15) is 16.8 Å². The summed E-state index contributed by atoms with van der Waals surface area (Å²) in [6.45, 7) is 5.36. The van der Waals surface area contributed by atoms with Gasteiger partial charge in [0.1, 0.15) is 0 Å². The van der Waals surface area contributed by atoms with Gasteiger partial charge < -0.3 is 0 Å². The number of sulfone groups is 1. The summed E-state index contributed by atoms with van der Waals surface area (Å²) in [5, 5.41) is 0. The number of nitrogens with one attached hydrogen (secondary N) is 1. The lowest BCUT2D eigenvalue weighted by Crippen LogP contribution is -2.27. The molecule has 0 fully saturated rings. The smallest absolute Gasteiger partial charge is 0.224 e. The van der Waals surface area contributed by atoms with Crippen molar-refractivity contribution in [1.82, 2.24) is 4.72 Å². The van der Waals surface area contributed by atoms with Crippen molar-refractivity contribution >= 4 is 31.2 Å². The van der Waals surface area contributed by atoms with Crippen molar-refractivity contribution < 1.29 is 16.8 Å². The third-order valence-electron chi connectivity index (χ3n) is 3.43. The van der Waals surface area contributed by atoms with Crippen LogP contribution in [-0.4, -0.2) is 23.1 Å². The molecule has 1 aromatic heterocycles. The molecule has 0 spiro atoms. The Hall–Kier alpha value is -1.22. The molecule has 5 nitrogen and oxygen atoms in total. The van der Waals surface area contributed by atoms with Crippen LogP contribution in [0.5, 0.6) is 0 Å². The molecule has 23 heavy (non-hydrogen) atoms. The minimum absolute atomic E-state index is 0.209. The highest BCUT2D eigenvalue weighted by molar-refractivity contribution is 7.90. The van der Waals surface area contributed by atoms with Gasteiger partial charge in [0.2, 0.25) is 10.0 Å². The number of benzene rings is 1. The van der Waals surface area contributed by atoms with Crippen LogP contribution in [-0.2, 0) is 19.9 Å². The molecule has 0 aliphatic rings. The van der Waals surface area contributed by atoms with Crippen LogP contribution >= 0.6 is 11.3 Å². The van der Waals surface area contributed by atoms with Crippen LogP contribution in [0.25, 0.3) is 0 Å². The predicted molar refractivity (Wildman–Crippen MR) is 92.1 cm³/mol. The maximum atomic E-state index is 12.5. The average Bonchev–Trinajstić information content (AvgIpc) is 2.77. The van der Waals surface area contributed by atoms with Gasteiger partial charge in [-0.05, 0) is 44.5 Å². The van der Waals surface area contributed by atoms with Gasteiger partial charge in [0.25, 0.3) is 0 Å². The molecular weight excluding hydrogens is 354 g/mol. The zero-order valence-electron chi connectivity index (χ0n) is 13.3. The quantitative estimate of drug-likeness (QED) is 0.874. The Morgan fingerprint density at radius 3 is 2.04 bits per heavy atom. The molecule has 8 heteroatoms. The number of sulfonamides is 1. The van der Waals surface area contributed by atoms with E-state index in [4.69, 9.17) is 0 Å². The van der Waals surface area contributed by atoms with Crippen LogP contribution in [0, 0.1) is 13.8 Å². The zero-order valence-corrected chi connectivity index (χ0v) is 15.8. The summed E-state index contributed by atoms with van der Waals surface area (Å²) in [6, 6.07) is 7.39. The summed E-state index contributed by atoms with van der Waals surface area (Å²) in [7, 11) is -6.88. The first-order chi connectivity index (χ1) is 10.5. The molecule has 0 saturated heterocycles. The van der Waals surface area contributed by atoms with E-state index >= 15 is 0 Å². The molecule has 1 aromatic carbocycles. The summed E-state index contributed by atoms with van der Waals surface area (Å²) in [6.07, 6.45) is 1.13. The molecule has 0 aliphatic heterocycles. The third-order valence-corrected chi connectivity index (χ3v) is 7.32. The van der Waals surface area contributed by atoms with Crippen LogP contribution in [0.2, 0.25) is 0 Å². The minimum Gasteiger partial charge on any atom is -0.224 e. The van der Waals surface area contributed by atoms with Crippen LogP contribution in [0.1, 0.15) is 28.3 Å². The number of thiophene rings is 1. The lowest BCUT2D eigenvalue weighted by molar-refractivity contribution is 0.566. The second-order valence-electron chi connectivity index (χ2n) is 5.46. The molecule has 1 N–H and O–H groups in total. The van der Waals surface area contributed by atoms with Crippen molar-refractivity contribution in [1.29, 1.82) is 0 Å². The van der Waals surface area contributed by atoms with Gasteiger partial charge in [0, 0.05) is 22.1 Å². The maximum absolute atomic E-state index is 12.5. The Morgan fingerprint density at radius 1 is 1.04 bits per heavy atom. The topological polar surface area (TPSA) is 80.3 Å². The second-order valence-corrected chi connectivity index (χ2v) is 10.6. The van der Waals surface area contributed by atoms with Gasteiger partial charge >= 0.3 is 0 Å². The Balaban J connectivity index is 2.24. The predicted octanol–water partition coefficient (Wildman–Crippen LogP) is 2.81. The minimum atomic E-state index is -3.61. The Labute approximate surface area is 141 Å². The van der Waals surface area contributed by atoms with Crippen LogP contribution in [0.4, 0.5) is 0 Å². The summed E-state index contributed by atoms with van der Waals surface area (Å²) >= 11 is 1.44. The molecule has 1 atom stereocenters. The fourth-order valence-electron chi connectivity index (χ4n) is 2.24. The van der Waals surface area contributed by atoms with Crippen LogP contribution in [0.15, 0.2) is 40.1 Å². The van der Waals surface area contributed by atoms with Gasteiger partial charge in [-0.2, -0.15) is 0 Å². The summed E-state index contributed by atoms with van der Waals surface area (Å²) in [5.74, 6) is 0. The lowest BCUT2D eigenvalue weighted by atomic mass is 10.1. The van der Waals surface area contributed by atoms with Crippen molar-refractivity contribution in [3.05, 3.63) is 45.6 Å². The molecule has 0 unspecified atom stereocenters. The molecule has 0 saturated carbocycles. The van der Waals surface area contributed by atoms with E-state index in [2.05, 4.69) is 4.72 Å². The zero-order chi connectivity index (χ0) is 17.4. The van der Waals surface area contributed by atoms with E-state index in [0.29, 0.717) is 10.5 Å². The molecular formula is C15H19NO4S3. The highest BCUT2D eigenvalue weighted by Gasteiger charge is 2.22. The average molecular weight is 374 g/mol. The molecule has 0 radical (unpaired) electrons. The first-order valence-corrected chi connectivity index (χ1v) is 11.1.